The number of ether oxygens (including phenoxy) is 1. The largest absolute Gasteiger partial charge is 0.377 e. The Labute approximate surface area is 73.9 Å². The second-order valence-corrected chi connectivity index (χ2v) is 4.10. The molecular weight excluding hydrogens is 152 g/mol. The van der Waals surface area contributed by atoms with Gasteiger partial charge >= 0.3 is 0 Å². The lowest BCUT2D eigenvalue weighted by Gasteiger charge is -2.55. The molecule has 0 atom stereocenters. The highest BCUT2D eigenvalue weighted by Crippen LogP contribution is 2.32. The van der Waals surface area contributed by atoms with Gasteiger partial charge in [-0.3, -0.25) is 4.90 Å². The summed E-state index contributed by atoms with van der Waals surface area (Å²) in [6.45, 7) is 7.17. The van der Waals surface area contributed by atoms with Crippen molar-refractivity contribution in [2.45, 2.75) is 18.9 Å². The summed E-state index contributed by atoms with van der Waals surface area (Å²) < 4.78 is 5.23. The van der Waals surface area contributed by atoms with E-state index in [9.17, 15) is 0 Å². The zero-order valence-electron chi connectivity index (χ0n) is 7.75. The van der Waals surface area contributed by atoms with Crippen LogP contribution in [-0.4, -0.2) is 43.3 Å². The third-order valence-electron chi connectivity index (χ3n) is 3.33. The van der Waals surface area contributed by atoms with E-state index in [1.165, 1.54) is 19.5 Å². The van der Waals surface area contributed by atoms with Gasteiger partial charge in [-0.25, -0.2) is 0 Å². The molecule has 2 aliphatic heterocycles. The molecule has 2 N–H and O–H groups in total. The lowest BCUT2D eigenvalue weighted by Crippen LogP contribution is -2.71. The van der Waals surface area contributed by atoms with Gasteiger partial charge in [0.1, 0.15) is 0 Å². The molecule has 0 aliphatic carbocycles. The number of nitrogens with two attached hydrogens (primary N) is 1. The molecule has 2 heterocycles. The number of hydrogen-bond donors (Lipinski definition) is 1. The van der Waals surface area contributed by atoms with E-state index in [-0.39, 0.29) is 5.54 Å². The van der Waals surface area contributed by atoms with Crippen molar-refractivity contribution in [3.05, 3.63) is 0 Å². The van der Waals surface area contributed by atoms with Gasteiger partial charge in [0.25, 0.3) is 0 Å². The fraction of sp³-hybridized carbons (Fsp3) is 1.00. The van der Waals surface area contributed by atoms with Crippen molar-refractivity contribution in [3.8, 4) is 0 Å². The summed E-state index contributed by atoms with van der Waals surface area (Å²) in [7, 11) is 0. The highest BCUT2D eigenvalue weighted by Gasteiger charge is 2.47. The summed E-state index contributed by atoms with van der Waals surface area (Å²) in [4.78, 5) is 2.49. The lowest BCUT2D eigenvalue weighted by atomic mass is 9.86. The van der Waals surface area contributed by atoms with Crippen LogP contribution in [0.4, 0.5) is 0 Å². The van der Waals surface area contributed by atoms with Crippen LogP contribution in [0.15, 0.2) is 0 Å². The minimum absolute atomic E-state index is 0.228. The molecule has 2 fully saturated rings. The van der Waals surface area contributed by atoms with E-state index >= 15 is 0 Å². The first-order chi connectivity index (χ1) is 5.80. The molecule has 3 nitrogen and oxygen atoms in total. The molecule has 2 saturated heterocycles. The molecule has 0 saturated carbocycles. The van der Waals surface area contributed by atoms with Crippen LogP contribution in [0.2, 0.25) is 0 Å². The lowest BCUT2D eigenvalue weighted by molar-refractivity contribution is -0.167. The van der Waals surface area contributed by atoms with Crippen molar-refractivity contribution in [3.63, 3.8) is 0 Å². The summed E-state index contributed by atoms with van der Waals surface area (Å²) in [5.41, 5.74) is 5.97. The van der Waals surface area contributed by atoms with Crippen LogP contribution in [-0.2, 0) is 4.74 Å². The fourth-order valence-electron chi connectivity index (χ4n) is 1.98. The predicted molar refractivity (Wildman–Crippen MR) is 48.0 cm³/mol. The third kappa shape index (κ3) is 1.08. The molecule has 0 spiro atoms. The van der Waals surface area contributed by atoms with E-state index < -0.39 is 0 Å². The maximum Gasteiger partial charge on any atom is 0.0802 e. The molecule has 12 heavy (non-hydrogen) atoms. The number of hydrogen-bond acceptors (Lipinski definition) is 3. The molecule has 2 rings (SSSR count). The van der Waals surface area contributed by atoms with Gasteiger partial charge in [0.15, 0.2) is 0 Å². The number of rotatable bonds is 3. The minimum atomic E-state index is 0.228. The average Bonchev–Trinajstić information content (AvgIpc) is 1.92. The quantitative estimate of drug-likeness (QED) is 0.650. The first-order valence-electron chi connectivity index (χ1n) is 4.83. The van der Waals surface area contributed by atoms with Gasteiger partial charge in [0.05, 0.1) is 18.8 Å². The van der Waals surface area contributed by atoms with Crippen LogP contribution in [0.25, 0.3) is 0 Å². The van der Waals surface area contributed by atoms with Gasteiger partial charge in [-0.05, 0) is 5.92 Å². The molecule has 2 aliphatic rings. The van der Waals surface area contributed by atoms with E-state index in [0.717, 1.165) is 25.7 Å². The molecule has 0 aromatic carbocycles. The van der Waals surface area contributed by atoms with E-state index in [1.807, 2.05) is 0 Å². The SMILES string of the molecule is CCC1CN(C2(CN)COC2)C1. The maximum atomic E-state index is 5.74. The molecule has 0 unspecified atom stereocenters. The highest BCUT2D eigenvalue weighted by atomic mass is 16.5. The van der Waals surface area contributed by atoms with E-state index in [4.69, 9.17) is 10.5 Å². The van der Waals surface area contributed by atoms with Crippen molar-refractivity contribution < 1.29 is 4.74 Å². The molecule has 3 heteroatoms. The van der Waals surface area contributed by atoms with Crippen molar-refractivity contribution >= 4 is 0 Å². The van der Waals surface area contributed by atoms with E-state index in [0.29, 0.717) is 0 Å². The van der Waals surface area contributed by atoms with E-state index in [1.54, 1.807) is 0 Å². The normalized spacial score (nSPS) is 29.5. The fourth-order valence-corrected chi connectivity index (χ4v) is 1.98. The van der Waals surface area contributed by atoms with Crippen LogP contribution >= 0.6 is 0 Å². The molecule has 0 aromatic rings. The van der Waals surface area contributed by atoms with Gasteiger partial charge in [0.2, 0.25) is 0 Å². The summed E-state index contributed by atoms with van der Waals surface area (Å²) in [5, 5.41) is 0. The summed E-state index contributed by atoms with van der Waals surface area (Å²) >= 11 is 0. The van der Waals surface area contributed by atoms with Gasteiger partial charge in [-0.2, -0.15) is 0 Å². The Morgan fingerprint density at radius 3 is 2.50 bits per heavy atom. The second-order valence-electron chi connectivity index (χ2n) is 4.10. The molecular formula is C9H18N2O. The van der Waals surface area contributed by atoms with Crippen LogP contribution in [0, 0.1) is 5.92 Å². The predicted octanol–water partition coefficient (Wildman–Crippen LogP) is 0.0559. The Bertz CT molecular complexity index is 156. The topological polar surface area (TPSA) is 38.5 Å². The van der Waals surface area contributed by atoms with Crippen LogP contribution in [0.1, 0.15) is 13.3 Å². The Hall–Kier alpha value is -0.120. The number of nitrogens with zero attached hydrogens (tertiary/aromatic N) is 1. The first-order valence-corrected chi connectivity index (χ1v) is 4.83. The number of likely N-dealkylation sites (tertiary alicyclic amines) is 1. The van der Waals surface area contributed by atoms with Crippen molar-refractivity contribution in [1.29, 1.82) is 0 Å². The van der Waals surface area contributed by atoms with Crippen LogP contribution in [0.5, 0.6) is 0 Å². The third-order valence-corrected chi connectivity index (χ3v) is 3.33. The second kappa shape index (κ2) is 2.98. The van der Waals surface area contributed by atoms with Crippen LogP contribution in [0.3, 0.4) is 0 Å². The van der Waals surface area contributed by atoms with Gasteiger partial charge in [-0.1, -0.05) is 13.3 Å². The summed E-state index contributed by atoms with van der Waals surface area (Å²) in [5.74, 6) is 0.911. The smallest absolute Gasteiger partial charge is 0.0802 e. The Kier molecular flexibility index (Phi) is 2.10. The minimum Gasteiger partial charge on any atom is -0.377 e. The molecule has 0 aromatic heterocycles. The first kappa shape index (κ1) is 8.48. The van der Waals surface area contributed by atoms with Gasteiger partial charge < -0.3 is 10.5 Å². The van der Waals surface area contributed by atoms with E-state index in [2.05, 4.69) is 11.8 Å². The maximum absolute atomic E-state index is 5.74. The Morgan fingerprint density at radius 2 is 2.17 bits per heavy atom. The van der Waals surface area contributed by atoms with Crippen molar-refractivity contribution in [1.82, 2.24) is 4.90 Å². The highest BCUT2D eigenvalue weighted by molar-refractivity contribution is 5.02. The zero-order chi connectivity index (χ0) is 8.60. The van der Waals surface area contributed by atoms with Crippen molar-refractivity contribution in [2.75, 3.05) is 32.8 Å². The standard InChI is InChI=1S/C9H18N2O/c1-2-8-3-11(4-8)9(5-10)6-12-7-9/h8H,2-7,10H2,1H3. The molecule has 0 bridgehead atoms. The summed E-state index contributed by atoms with van der Waals surface area (Å²) in [6, 6.07) is 0. The molecule has 0 radical (unpaired) electrons. The Balaban J connectivity index is 1.85. The van der Waals surface area contributed by atoms with Gasteiger partial charge in [-0.15, -0.1) is 0 Å². The average molecular weight is 170 g/mol. The monoisotopic (exact) mass is 170 g/mol. The van der Waals surface area contributed by atoms with Crippen LogP contribution < -0.4 is 5.73 Å². The Morgan fingerprint density at radius 1 is 1.50 bits per heavy atom. The summed E-state index contributed by atoms with van der Waals surface area (Å²) in [6.07, 6.45) is 1.30. The molecule has 70 valence electrons. The van der Waals surface area contributed by atoms with Gasteiger partial charge in [0, 0.05) is 19.6 Å². The zero-order valence-corrected chi connectivity index (χ0v) is 7.75. The molecule has 0 amide bonds. The van der Waals surface area contributed by atoms with Crippen molar-refractivity contribution in [2.24, 2.45) is 11.7 Å².